The first-order valence-electron chi connectivity index (χ1n) is 6.71. The molecule has 0 bridgehead atoms. The summed E-state index contributed by atoms with van der Waals surface area (Å²) in [5.74, 6) is 0.855. The number of hydrogen-bond acceptors (Lipinski definition) is 4. The lowest BCUT2D eigenvalue weighted by Crippen LogP contribution is -2.13. The summed E-state index contributed by atoms with van der Waals surface area (Å²) in [5, 5.41) is 3.38. The highest BCUT2D eigenvalue weighted by Crippen LogP contribution is 2.24. The Labute approximate surface area is 117 Å². The van der Waals surface area contributed by atoms with Gasteiger partial charge in [0.15, 0.2) is 5.84 Å². The van der Waals surface area contributed by atoms with Crippen molar-refractivity contribution in [1.82, 2.24) is 4.98 Å². The minimum Gasteiger partial charge on any atom is -0.339 e. The molecule has 20 heavy (non-hydrogen) atoms. The van der Waals surface area contributed by atoms with Crippen LogP contribution in [0, 0.1) is 0 Å². The number of aliphatic imine (C=N–C) groups is 2. The molecule has 0 saturated carbocycles. The van der Waals surface area contributed by atoms with E-state index in [9.17, 15) is 0 Å². The fourth-order valence-electron chi connectivity index (χ4n) is 2.67. The molecule has 0 radical (unpaired) electrons. The van der Waals surface area contributed by atoms with Crippen LogP contribution >= 0.6 is 0 Å². The first-order chi connectivity index (χ1) is 9.81. The van der Waals surface area contributed by atoms with Gasteiger partial charge in [-0.05, 0) is 30.7 Å². The van der Waals surface area contributed by atoms with Crippen molar-refractivity contribution in [2.45, 2.75) is 20.0 Å². The number of nitrogens with one attached hydrogen (secondary N) is 1. The van der Waals surface area contributed by atoms with Gasteiger partial charge in [-0.2, -0.15) is 0 Å². The van der Waals surface area contributed by atoms with E-state index in [0.29, 0.717) is 6.54 Å². The van der Waals surface area contributed by atoms with Gasteiger partial charge in [0.25, 0.3) is 0 Å². The summed E-state index contributed by atoms with van der Waals surface area (Å²) in [6.07, 6.45) is 1.81. The molecule has 0 saturated heterocycles. The van der Waals surface area contributed by atoms with E-state index in [-0.39, 0.29) is 0 Å². The summed E-state index contributed by atoms with van der Waals surface area (Å²) in [7, 11) is 0. The maximum Gasteiger partial charge on any atom is 0.152 e. The van der Waals surface area contributed by atoms with Gasteiger partial charge in [-0.25, -0.2) is 0 Å². The lowest BCUT2D eigenvalue weighted by Gasteiger charge is -2.09. The molecule has 0 fully saturated rings. The SMILES string of the molecule is CC1=NCc2ccc(NC3=NCc4cccnc43)cc21. The monoisotopic (exact) mass is 262 g/mol. The molecule has 2 aromatic rings. The van der Waals surface area contributed by atoms with Crippen LogP contribution < -0.4 is 5.32 Å². The lowest BCUT2D eigenvalue weighted by atomic mass is 10.1. The summed E-state index contributed by atoms with van der Waals surface area (Å²) in [6, 6.07) is 10.4. The van der Waals surface area contributed by atoms with E-state index in [0.717, 1.165) is 29.5 Å². The average molecular weight is 262 g/mol. The van der Waals surface area contributed by atoms with Gasteiger partial charge in [-0.3, -0.25) is 15.0 Å². The van der Waals surface area contributed by atoms with Crippen molar-refractivity contribution in [1.29, 1.82) is 0 Å². The van der Waals surface area contributed by atoms with E-state index >= 15 is 0 Å². The Morgan fingerprint density at radius 3 is 2.90 bits per heavy atom. The van der Waals surface area contributed by atoms with Crippen LogP contribution in [0.4, 0.5) is 5.69 Å². The fraction of sp³-hybridized carbons (Fsp3) is 0.188. The molecule has 98 valence electrons. The smallest absolute Gasteiger partial charge is 0.152 e. The molecule has 0 atom stereocenters. The van der Waals surface area contributed by atoms with Crippen LogP contribution in [0.3, 0.4) is 0 Å². The molecule has 4 heteroatoms. The number of benzene rings is 1. The van der Waals surface area contributed by atoms with Gasteiger partial charge in [0.2, 0.25) is 0 Å². The maximum atomic E-state index is 4.52. The minimum absolute atomic E-state index is 0.705. The molecule has 3 heterocycles. The number of pyridine rings is 1. The zero-order valence-corrected chi connectivity index (χ0v) is 11.2. The van der Waals surface area contributed by atoms with Crippen molar-refractivity contribution in [3.05, 3.63) is 58.9 Å². The summed E-state index contributed by atoms with van der Waals surface area (Å²) >= 11 is 0. The summed E-state index contributed by atoms with van der Waals surface area (Å²) in [4.78, 5) is 13.4. The molecule has 1 aromatic heterocycles. The van der Waals surface area contributed by atoms with Crippen molar-refractivity contribution >= 4 is 17.2 Å². The van der Waals surface area contributed by atoms with Crippen molar-refractivity contribution in [2.75, 3.05) is 5.32 Å². The molecular weight excluding hydrogens is 248 g/mol. The summed E-state index contributed by atoms with van der Waals surface area (Å²) < 4.78 is 0. The standard InChI is InChI=1S/C16H14N4/c1-10-14-7-13(5-4-11(14)8-18-10)20-16-15-12(9-19-16)3-2-6-17-15/h2-7H,8-9H2,1H3,(H,19,20). The molecule has 0 spiro atoms. The maximum absolute atomic E-state index is 4.52. The zero-order valence-electron chi connectivity index (χ0n) is 11.2. The first kappa shape index (κ1) is 11.3. The van der Waals surface area contributed by atoms with E-state index in [1.165, 1.54) is 16.7 Å². The van der Waals surface area contributed by atoms with Crippen LogP contribution in [0.2, 0.25) is 0 Å². The van der Waals surface area contributed by atoms with Crippen molar-refractivity contribution < 1.29 is 0 Å². The minimum atomic E-state index is 0.705. The third kappa shape index (κ3) is 1.72. The zero-order chi connectivity index (χ0) is 13.5. The van der Waals surface area contributed by atoms with E-state index in [1.807, 2.05) is 6.07 Å². The molecule has 0 aliphatic carbocycles. The average Bonchev–Trinajstić information content (AvgIpc) is 3.05. The third-order valence-corrected chi connectivity index (χ3v) is 3.77. The van der Waals surface area contributed by atoms with Crippen LogP contribution in [0.15, 0.2) is 46.5 Å². The largest absolute Gasteiger partial charge is 0.339 e. The highest BCUT2D eigenvalue weighted by molar-refractivity contribution is 6.10. The first-order valence-corrected chi connectivity index (χ1v) is 6.71. The van der Waals surface area contributed by atoms with Crippen LogP contribution in [-0.2, 0) is 13.1 Å². The number of hydrogen-bond donors (Lipinski definition) is 1. The van der Waals surface area contributed by atoms with Gasteiger partial charge in [-0.1, -0.05) is 12.1 Å². The highest BCUT2D eigenvalue weighted by Gasteiger charge is 2.18. The number of fused-ring (bicyclic) bond motifs is 2. The second-order valence-corrected chi connectivity index (χ2v) is 5.07. The van der Waals surface area contributed by atoms with Crippen LogP contribution in [0.25, 0.3) is 0 Å². The molecule has 2 aliphatic rings. The normalized spacial score (nSPS) is 15.4. The fourth-order valence-corrected chi connectivity index (χ4v) is 2.67. The Balaban J connectivity index is 1.65. The van der Waals surface area contributed by atoms with Crippen molar-refractivity contribution in [3.8, 4) is 0 Å². The second kappa shape index (κ2) is 4.27. The van der Waals surface area contributed by atoms with Gasteiger partial charge in [0.05, 0.1) is 13.1 Å². The van der Waals surface area contributed by atoms with Gasteiger partial charge >= 0.3 is 0 Å². The van der Waals surface area contributed by atoms with Gasteiger partial charge in [0.1, 0.15) is 5.69 Å². The quantitative estimate of drug-likeness (QED) is 0.859. The Kier molecular flexibility index (Phi) is 2.42. The van der Waals surface area contributed by atoms with E-state index in [2.05, 4.69) is 51.5 Å². The lowest BCUT2D eigenvalue weighted by molar-refractivity contribution is 1.09. The van der Waals surface area contributed by atoms with E-state index < -0.39 is 0 Å². The summed E-state index contributed by atoms with van der Waals surface area (Å²) in [5.41, 5.74) is 6.80. The molecule has 4 nitrogen and oxygen atoms in total. The molecular formula is C16H14N4. The number of aromatic nitrogens is 1. The number of anilines is 1. The molecule has 1 aromatic carbocycles. The van der Waals surface area contributed by atoms with Gasteiger partial charge in [-0.15, -0.1) is 0 Å². The topological polar surface area (TPSA) is 49.6 Å². The Hall–Kier alpha value is -2.49. The van der Waals surface area contributed by atoms with E-state index in [1.54, 1.807) is 6.20 Å². The Morgan fingerprint density at radius 2 is 1.95 bits per heavy atom. The molecule has 2 aliphatic heterocycles. The Bertz CT molecular complexity index is 759. The van der Waals surface area contributed by atoms with Crippen LogP contribution in [-0.4, -0.2) is 16.5 Å². The second-order valence-electron chi connectivity index (χ2n) is 5.07. The molecule has 0 unspecified atom stereocenters. The van der Waals surface area contributed by atoms with Crippen molar-refractivity contribution in [3.63, 3.8) is 0 Å². The third-order valence-electron chi connectivity index (χ3n) is 3.77. The number of amidine groups is 1. The molecule has 4 rings (SSSR count). The predicted molar refractivity (Wildman–Crippen MR) is 80.5 cm³/mol. The van der Waals surface area contributed by atoms with Crippen molar-refractivity contribution in [2.24, 2.45) is 9.98 Å². The number of nitrogens with zero attached hydrogens (tertiary/aromatic N) is 3. The van der Waals surface area contributed by atoms with Gasteiger partial charge in [0, 0.05) is 28.7 Å². The highest BCUT2D eigenvalue weighted by atomic mass is 15.0. The summed E-state index contributed by atoms with van der Waals surface area (Å²) in [6.45, 7) is 3.56. The Morgan fingerprint density at radius 1 is 1.05 bits per heavy atom. The van der Waals surface area contributed by atoms with Crippen LogP contribution in [0.1, 0.15) is 29.3 Å². The molecule has 0 amide bonds. The molecule has 1 N–H and O–H groups in total. The van der Waals surface area contributed by atoms with Crippen LogP contribution in [0.5, 0.6) is 0 Å². The number of rotatable bonds is 1. The van der Waals surface area contributed by atoms with Gasteiger partial charge < -0.3 is 5.32 Å². The van der Waals surface area contributed by atoms with E-state index in [4.69, 9.17) is 0 Å². The predicted octanol–water partition coefficient (Wildman–Crippen LogP) is 2.78.